The van der Waals surface area contributed by atoms with Crippen molar-refractivity contribution in [1.29, 1.82) is 0 Å². The van der Waals surface area contributed by atoms with E-state index in [2.05, 4.69) is 22.8 Å². The van der Waals surface area contributed by atoms with E-state index >= 15 is 0 Å². The molecule has 0 bridgehead atoms. The van der Waals surface area contributed by atoms with Gasteiger partial charge in [-0.1, -0.05) is 59.6 Å². The third-order valence-corrected chi connectivity index (χ3v) is 9.66. The Morgan fingerprint density at radius 2 is 1.67 bits per heavy atom. The van der Waals surface area contributed by atoms with Gasteiger partial charge in [0.1, 0.15) is 11.5 Å². The molecule has 3 aromatic rings. The van der Waals surface area contributed by atoms with Crippen LogP contribution in [0.2, 0.25) is 10.0 Å². The summed E-state index contributed by atoms with van der Waals surface area (Å²) in [6.45, 7) is 3.09. The summed E-state index contributed by atoms with van der Waals surface area (Å²) in [6, 6.07) is 21.0. The van der Waals surface area contributed by atoms with E-state index in [0.717, 1.165) is 43.5 Å². The number of methoxy groups -OCH3 is 2. The molecule has 1 atom stereocenters. The van der Waals surface area contributed by atoms with E-state index in [9.17, 15) is 9.59 Å². The summed E-state index contributed by atoms with van der Waals surface area (Å²) in [5, 5.41) is 7.62. The van der Waals surface area contributed by atoms with E-state index in [-0.39, 0.29) is 11.8 Å². The summed E-state index contributed by atoms with van der Waals surface area (Å²) in [5.74, 6) is 1.02. The van der Waals surface area contributed by atoms with Gasteiger partial charge in [-0.3, -0.25) is 9.59 Å². The summed E-state index contributed by atoms with van der Waals surface area (Å²) in [6.07, 6.45) is 2.85. The van der Waals surface area contributed by atoms with E-state index < -0.39 is 10.8 Å². The second-order valence-corrected chi connectivity index (χ2v) is 12.0. The molecular weight excluding hydrogens is 573 g/mol. The lowest BCUT2D eigenvalue weighted by atomic mass is 9.72. The van der Waals surface area contributed by atoms with E-state index in [1.165, 1.54) is 0 Å². The molecule has 0 spiro atoms. The Hall–Kier alpha value is -3.26. The number of rotatable bonds is 9. The molecule has 2 aliphatic rings. The number of ether oxygens (including phenoxy) is 2. The first-order valence-corrected chi connectivity index (χ1v) is 15.1. The van der Waals surface area contributed by atoms with Gasteiger partial charge in [0.2, 0.25) is 5.91 Å². The Morgan fingerprint density at radius 3 is 2.36 bits per heavy atom. The van der Waals surface area contributed by atoms with Crippen LogP contribution in [0.1, 0.15) is 47.2 Å². The second kappa shape index (κ2) is 12.9. The highest BCUT2D eigenvalue weighted by Crippen LogP contribution is 2.41. The number of benzene rings is 3. The van der Waals surface area contributed by atoms with Crippen molar-refractivity contribution in [2.24, 2.45) is 0 Å². The fourth-order valence-electron chi connectivity index (χ4n) is 6.44. The number of nitrogens with zero attached hydrogens (tertiary/aromatic N) is 1. The van der Waals surface area contributed by atoms with Crippen LogP contribution in [-0.2, 0) is 15.6 Å². The first-order valence-electron chi connectivity index (χ1n) is 14.3. The maximum Gasteiger partial charge on any atom is 0.257 e. The Morgan fingerprint density at radius 1 is 0.905 bits per heavy atom. The minimum atomic E-state index is -0.564. The molecule has 2 aliphatic heterocycles. The molecule has 2 amide bonds. The monoisotopic (exact) mass is 609 g/mol. The van der Waals surface area contributed by atoms with Crippen molar-refractivity contribution in [1.82, 2.24) is 15.5 Å². The predicted molar refractivity (Wildman–Crippen MR) is 166 cm³/mol. The molecule has 7 nitrogen and oxygen atoms in total. The van der Waals surface area contributed by atoms with Gasteiger partial charge in [-0.15, -0.1) is 0 Å². The minimum absolute atomic E-state index is 0.0494. The van der Waals surface area contributed by atoms with Gasteiger partial charge in [-0.25, -0.2) is 0 Å². The number of amides is 2. The maximum absolute atomic E-state index is 13.8. The normalized spacial score (nSPS) is 19.8. The molecule has 3 aromatic carbocycles. The number of hydrogen-bond acceptors (Lipinski definition) is 5. The standard InChI is InChI=1S/C33H37Cl2N3O4/c1-41-25-9-10-26(29(21-25)42-2)30(39)38-19-15-32(22-38,24-8-11-27(34)28(35)20-24)12-18-37-31(40)33(13-16-36-17-14-33)23-6-4-3-5-7-23/h3-11,20-21,36H,12-19,22H2,1-2H3,(H,37,40). The Balaban J connectivity index is 1.38. The average molecular weight is 611 g/mol. The number of hydrogen-bond donors (Lipinski definition) is 2. The average Bonchev–Trinajstić information content (AvgIpc) is 3.47. The van der Waals surface area contributed by atoms with Crippen LogP contribution in [0.25, 0.3) is 0 Å². The number of carbonyl (C=O) groups excluding carboxylic acids is 2. The molecule has 222 valence electrons. The lowest BCUT2D eigenvalue weighted by Crippen LogP contribution is -2.51. The molecule has 1 unspecified atom stereocenters. The number of carbonyl (C=O) groups is 2. The highest BCUT2D eigenvalue weighted by Gasteiger charge is 2.44. The SMILES string of the molecule is COc1ccc(C(=O)N2CCC(CCNC(=O)C3(c4ccccc4)CCNCC3)(c3ccc(Cl)c(Cl)c3)C2)c(OC)c1. The van der Waals surface area contributed by atoms with Gasteiger partial charge in [0.25, 0.3) is 5.91 Å². The van der Waals surface area contributed by atoms with Crippen LogP contribution in [0.3, 0.4) is 0 Å². The van der Waals surface area contributed by atoms with Crippen molar-refractivity contribution in [3.05, 3.63) is 93.5 Å². The lowest BCUT2D eigenvalue weighted by molar-refractivity contribution is -0.127. The molecule has 2 saturated heterocycles. The van der Waals surface area contributed by atoms with Gasteiger partial charge in [-0.05, 0) is 74.2 Å². The fourth-order valence-corrected chi connectivity index (χ4v) is 6.74. The Labute approximate surface area is 257 Å². The van der Waals surface area contributed by atoms with Crippen LogP contribution < -0.4 is 20.1 Å². The van der Waals surface area contributed by atoms with Crippen LogP contribution in [-0.4, -0.2) is 63.7 Å². The van der Waals surface area contributed by atoms with Crippen molar-refractivity contribution in [3.8, 4) is 11.5 Å². The van der Waals surface area contributed by atoms with E-state index in [0.29, 0.717) is 53.2 Å². The number of halogens is 2. The summed E-state index contributed by atoms with van der Waals surface area (Å²) < 4.78 is 10.8. The number of likely N-dealkylation sites (tertiary alicyclic amines) is 1. The molecule has 2 fully saturated rings. The van der Waals surface area contributed by atoms with E-state index in [1.807, 2.05) is 35.2 Å². The third-order valence-electron chi connectivity index (χ3n) is 8.92. The zero-order valence-electron chi connectivity index (χ0n) is 24.1. The number of piperidine rings is 1. The second-order valence-electron chi connectivity index (χ2n) is 11.2. The van der Waals surface area contributed by atoms with E-state index in [1.54, 1.807) is 38.5 Å². The first kappa shape index (κ1) is 30.2. The van der Waals surface area contributed by atoms with Gasteiger partial charge >= 0.3 is 0 Å². The predicted octanol–water partition coefficient (Wildman–Crippen LogP) is 5.62. The van der Waals surface area contributed by atoms with Crippen LogP contribution in [0.4, 0.5) is 0 Å². The van der Waals surface area contributed by atoms with Crippen LogP contribution in [0.5, 0.6) is 11.5 Å². The minimum Gasteiger partial charge on any atom is -0.497 e. The van der Waals surface area contributed by atoms with Crippen LogP contribution >= 0.6 is 23.2 Å². The molecular formula is C33H37Cl2N3O4. The largest absolute Gasteiger partial charge is 0.497 e. The van der Waals surface area contributed by atoms with Crippen molar-refractivity contribution < 1.29 is 19.1 Å². The quantitative estimate of drug-likeness (QED) is 0.329. The van der Waals surface area contributed by atoms with Crippen molar-refractivity contribution >= 4 is 35.0 Å². The third kappa shape index (κ3) is 5.96. The van der Waals surface area contributed by atoms with Crippen molar-refractivity contribution in [3.63, 3.8) is 0 Å². The highest BCUT2D eigenvalue weighted by atomic mass is 35.5. The summed E-state index contributed by atoms with van der Waals surface area (Å²) in [4.78, 5) is 29.4. The first-order chi connectivity index (χ1) is 20.3. The molecule has 5 rings (SSSR count). The van der Waals surface area contributed by atoms with Gasteiger partial charge in [0, 0.05) is 31.1 Å². The zero-order chi connectivity index (χ0) is 29.7. The molecule has 42 heavy (non-hydrogen) atoms. The summed E-state index contributed by atoms with van der Waals surface area (Å²) >= 11 is 12.7. The summed E-state index contributed by atoms with van der Waals surface area (Å²) in [7, 11) is 3.12. The molecule has 0 saturated carbocycles. The maximum atomic E-state index is 13.8. The summed E-state index contributed by atoms with van der Waals surface area (Å²) in [5.41, 5.74) is 1.56. The van der Waals surface area contributed by atoms with Crippen molar-refractivity contribution in [2.45, 2.75) is 36.5 Å². The molecule has 0 radical (unpaired) electrons. The van der Waals surface area contributed by atoms with Crippen molar-refractivity contribution in [2.75, 3.05) is 46.9 Å². The van der Waals surface area contributed by atoms with Gasteiger partial charge in [-0.2, -0.15) is 0 Å². The zero-order valence-corrected chi connectivity index (χ0v) is 25.6. The van der Waals surface area contributed by atoms with Gasteiger partial charge in [0.15, 0.2) is 0 Å². The van der Waals surface area contributed by atoms with E-state index in [4.69, 9.17) is 32.7 Å². The Kier molecular flexibility index (Phi) is 9.31. The van der Waals surface area contributed by atoms with Gasteiger partial charge < -0.3 is 25.0 Å². The fraction of sp³-hybridized carbons (Fsp3) is 0.394. The number of nitrogens with one attached hydrogen (secondary N) is 2. The molecule has 2 N–H and O–H groups in total. The smallest absolute Gasteiger partial charge is 0.257 e. The highest BCUT2D eigenvalue weighted by molar-refractivity contribution is 6.42. The molecule has 0 aromatic heterocycles. The van der Waals surface area contributed by atoms with Gasteiger partial charge in [0.05, 0.1) is 35.2 Å². The molecule has 2 heterocycles. The van der Waals surface area contributed by atoms with Crippen LogP contribution in [0.15, 0.2) is 66.7 Å². The van der Waals surface area contributed by atoms with Crippen LogP contribution in [0, 0.1) is 0 Å². The topological polar surface area (TPSA) is 79.9 Å². The lowest BCUT2D eigenvalue weighted by Gasteiger charge is -2.37. The Bertz CT molecular complexity index is 1430. The molecule has 0 aliphatic carbocycles. The molecule has 9 heteroatoms.